The topological polar surface area (TPSA) is 91.3 Å². The fraction of sp³-hybridized carbons (Fsp3) is 0.385. The number of carbonyl (C=O) groups excluding carboxylic acids is 3. The van der Waals surface area contributed by atoms with Gasteiger partial charge in [-0.3, -0.25) is 14.4 Å². The number of aliphatic imine (C=N–C) groups is 1. The number of nitrogens with one attached hydrogen (secondary N) is 1. The molecule has 1 N–H and O–H groups in total. The van der Waals surface area contributed by atoms with Crippen molar-refractivity contribution in [2.45, 2.75) is 18.6 Å². The molecule has 3 heterocycles. The summed E-state index contributed by atoms with van der Waals surface area (Å²) >= 11 is 3.10. The van der Waals surface area contributed by atoms with Gasteiger partial charge in [0, 0.05) is 48.3 Å². The molecule has 2 atom stereocenters. The third-order valence-electron chi connectivity index (χ3n) is 7.02. The zero-order chi connectivity index (χ0) is 28.8. The zero-order valence-electron chi connectivity index (χ0n) is 20.7. The van der Waals surface area contributed by atoms with Gasteiger partial charge in [0.2, 0.25) is 5.91 Å². The monoisotopic (exact) mass is 628 g/mol. The van der Waals surface area contributed by atoms with Gasteiger partial charge in [-0.05, 0) is 24.6 Å². The molecular weight excluding hydrogens is 607 g/mol. The molecule has 3 amide bonds. The maximum Gasteiger partial charge on any atom is 0.418 e. The SMILES string of the molecule is O=C1C=C(C(=O)N[C@@H]2CCN(c3c(C(=O)N4CCOCC4)cc(Br)cc3C(F)(F)F)C2)C2C=CC(F)=C(F)C2=N1. The van der Waals surface area contributed by atoms with Crippen molar-refractivity contribution in [3.63, 3.8) is 0 Å². The van der Waals surface area contributed by atoms with Gasteiger partial charge in [0.15, 0.2) is 11.7 Å². The van der Waals surface area contributed by atoms with Crippen LogP contribution in [0.1, 0.15) is 22.3 Å². The van der Waals surface area contributed by atoms with Crippen molar-refractivity contribution in [1.29, 1.82) is 0 Å². The highest BCUT2D eigenvalue weighted by molar-refractivity contribution is 9.10. The molecule has 0 saturated carbocycles. The molecule has 8 nitrogen and oxygen atoms in total. The Kier molecular flexibility index (Phi) is 7.66. The minimum Gasteiger partial charge on any atom is -0.378 e. The number of halogens is 6. The van der Waals surface area contributed by atoms with E-state index >= 15 is 0 Å². The molecule has 4 aliphatic rings. The van der Waals surface area contributed by atoms with Crippen molar-refractivity contribution in [3.8, 4) is 0 Å². The van der Waals surface area contributed by atoms with Gasteiger partial charge < -0.3 is 19.9 Å². The number of morpholine rings is 1. The number of anilines is 1. The summed E-state index contributed by atoms with van der Waals surface area (Å²) in [5.74, 6) is -5.89. The molecular formula is C26H22BrF5N4O4. The Morgan fingerprint density at radius 1 is 1.12 bits per heavy atom. The van der Waals surface area contributed by atoms with Crippen LogP contribution in [0.3, 0.4) is 0 Å². The highest BCUT2D eigenvalue weighted by Gasteiger charge is 2.41. The Morgan fingerprint density at radius 2 is 1.85 bits per heavy atom. The lowest BCUT2D eigenvalue weighted by molar-refractivity contribution is -0.137. The van der Waals surface area contributed by atoms with Crippen molar-refractivity contribution in [1.82, 2.24) is 10.2 Å². The molecule has 0 radical (unpaired) electrons. The second-order valence-electron chi connectivity index (χ2n) is 9.59. The first-order valence-corrected chi connectivity index (χ1v) is 13.1. The number of allylic oxidation sites excluding steroid dienone is 4. The molecule has 212 valence electrons. The van der Waals surface area contributed by atoms with E-state index in [1.165, 1.54) is 21.9 Å². The van der Waals surface area contributed by atoms with Gasteiger partial charge in [-0.1, -0.05) is 22.0 Å². The summed E-state index contributed by atoms with van der Waals surface area (Å²) in [5.41, 5.74) is -2.09. The number of nitrogens with zero attached hydrogens (tertiary/aromatic N) is 3. The maximum absolute atomic E-state index is 14.2. The van der Waals surface area contributed by atoms with Crippen LogP contribution < -0.4 is 10.2 Å². The molecule has 2 fully saturated rings. The summed E-state index contributed by atoms with van der Waals surface area (Å²) < 4.78 is 75.8. The fourth-order valence-corrected chi connectivity index (χ4v) is 5.62. The quantitative estimate of drug-likeness (QED) is 0.511. The molecule has 1 unspecified atom stereocenters. The predicted octanol–water partition coefficient (Wildman–Crippen LogP) is 3.88. The van der Waals surface area contributed by atoms with Crippen LogP contribution in [-0.4, -0.2) is 73.8 Å². The van der Waals surface area contributed by atoms with Crippen LogP contribution in [0.5, 0.6) is 0 Å². The Hall–Kier alpha value is -3.39. The van der Waals surface area contributed by atoms with Gasteiger partial charge in [-0.15, -0.1) is 0 Å². The normalized spacial score (nSPS) is 23.2. The lowest BCUT2D eigenvalue weighted by Gasteiger charge is -2.31. The molecule has 1 aromatic rings. The number of carbonyl (C=O) groups is 3. The minimum atomic E-state index is -4.77. The van der Waals surface area contributed by atoms with E-state index in [2.05, 4.69) is 26.2 Å². The molecule has 5 rings (SSSR count). The second kappa shape index (κ2) is 10.9. The Balaban J connectivity index is 1.39. The summed E-state index contributed by atoms with van der Waals surface area (Å²) in [4.78, 5) is 44.8. The van der Waals surface area contributed by atoms with Gasteiger partial charge in [-0.2, -0.15) is 13.2 Å². The summed E-state index contributed by atoms with van der Waals surface area (Å²) in [5, 5.41) is 2.68. The minimum absolute atomic E-state index is 0.0641. The first-order valence-electron chi connectivity index (χ1n) is 12.4. The molecule has 0 spiro atoms. The van der Waals surface area contributed by atoms with E-state index in [0.717, 1.165) is 18.2 Å². The first-order chi connectivity index (χ1) is 18.9. The van der Waals surface area contributed by atoms with Crippen LogP contribution in [0, 0.1) is 5.92 Å². The summed E-state index contributed by atoms with van der Waals surface area (Å²) in [6.45, 7) is 1.04. The third-order valence-corrected chi connectivity index (χ3v) is 7.48. The highest BCUT2D eigenvalue weighted by Crippen LogP contribution is 2.42. The molecule has 0 bridgehead atoms. The fourth-order valence-electron chi connectivity index (χ4n) is 5.16. The zero-order valence-corrected chi connectivity index (χ0v) is 22.3. The van der Waals surface area contributed by atoms with E-state index in [4.69, 9.17) is 4.74 Å². The molecule has 1 aromatic carbocycles. The molecule has 14 heteroatoms. The second-order valence-corrected chi connectivity index (χ2v) is 10.5. The Labute approximate surface area is 233 Å². The van der Waals surface area contributed by atoms with E-state index in [-0.39, 0.29) is 67.1 Å². The van der Waals surface area contributed by atoms with Crippen LogP contribution in [0.15, 0.2) is 57.1 Å². The number of hydrogen-bond donors (Lipinski definition) is 1. The van der Waals surface area contributed by atoms with Crippen molar-refractivity contribution >= 4 is 45.1 Å². The summed E-state index contributed by atoms with van der Waals surface area (Å²) in [6.07, 6.45) is -1.57. The Bertz CT molecular complexity index is 1400. The standard InChI is InChI=1S/C26H22BrF5N4O4/c27-13-9-17(25(39)35-5-7-40-8-6-35)23(18(10-13)26(30,31)32)36-4-3-14(12-36)33-24(38)16-11-20(37)34-22-15(16)1-2-19(28)21(22)29/h1-2,9-11,14-15H,3-8,12H2,(H,33,38)/t14-,15?/m1/s1. The number of amides is 3. The average Bonchev–Trinajstić information content (AvgIpc) is 3.37. The largest absolute Gasteiger partial charge is 0.418 e. The number of hydrogen-bond acceptors (Lipinski definition) is 5. The summed E-state index contributed by atoms with van der Waals surface area (Å²) in [6, 6.07) is 1.60. The van der Waals surface area contributed by atoms with Gasteiger partial charge in [0.25, 0.3) is 11.8 Å². The molecule has 1 aliphatic carbocycles. The lowest BCUT2D eigenvalue weighted by Crippen LogP contribution is -2.42. The predicted molar refractivity (Wildman–Crippen MR) is 137 cm³/mol. The van der Waals surface area contributed by atoms with Crippen LogP contribution in [0.2, 0.25) is 0 Å². The van der Waals surface area contributed by atoms with Crippen LogP contribution in [0.25, 0.3) is 0 Å². The van der Waals surface area contributed by atoms with Gasteiger partial charge >= 0.3 is 6.18 Å². The third kappa shape index (κ3) is 5.46. The van der Waals surface area contributed by atoms with Crippen molar-refractivity contribution in [2.24, 2.45) is 10.9 Å². The number of ether oxygens (including phenoxy) is 1. The van der Waals surface area contributed by atoms with Gasteiger partial charge in [0.1, 0.15) is 0 Å². The van der Waals surface area contributed by atoms with Crippen LogP contribution in [-0.2, 0) is 20.5 Å². The molecule has 3 aliphatic heterocycles. The summed E-state index contributed by atoms with van der Waals surface area (Å²) in [7, 11) is 0. The van der Waals surface area contributed by atoms with E-state index in [1.807, 2.05) is 0 Å². The molecule has 40 heavy (non-hydrogen) atoms. The highest BCUT2D eigenvalue weighted by atomic mass is 79.9. The maximum atomic E-state index is 14.2. The molecule has 0 aromatic heterocycles. The van der Waals surface area contributed by atoms with Gasteiger partial charge in [0.05, 0.1) is 41.7 Å². The number of rotatable bonds is 4. The first kappa shape index (κ1) is 28.1. The average molecular weight is 629 g/mol. The van der Waals surface area contributed by atoms with E-state index in [9.17, 15) is 36.3 Å². The van der Waals surface area contributed by atoms with E-state index in [0.29, 0.717) is 0 Å². The van der Waals surface area contributed by atoms with Gasteiger partial charge in [-0.25, -0.2) is 13.8 Å². The van der Waals surface area contributed by atoms with Crippen molar-refractivity contribution in [2.75, 3.05) is 44.3 Å². The number of benzene rings is 1. The van der Waals surface area contributed by atoms with E-state index in [1.54, 1.807) is 0 Å². The van der Waals surface area contributed by atoms with Crippen LogP contribution >= 0.6 is 15.9 Å². The number of fused-ring (bicyclic) bond motifs is 1. The molecule has 2 saturated heterocycles. The van der Waals surface area contributed by atoms with E-state index < -0.39 is 58.8 Å². The lowest BCUT2D eigenvalue weighted by atomic mass is 9.86. The Morgan fingerprint density at radius 3 is 2.55 bits per heavy atom. The van der Waals surface area contributed by atoms with Crippen molar-refractivity contribution in [3.05, 3.63) is 63.2 Å². The number of dihydropyridines is 1. The van der Waals surface area contributed by atoms with Crippen LogP contribution in [0.4, 0.5) is 27.6 Å². The number of alkyl halides is 3. The van der Waals surface area contributed by atoms with Crippen molar-refractivity contribution < 1.29 is 41.1 Å². The smallest absolute Gasteiger partial charge is 0.378 e.